The number of halogens is 4. The van der Waals surface area contributed by atoms with Crippen molar-refractivity contribution in [1.82, 2.24) is 10.1 Å². The summed E-state index contributed by atoms with van der Waals surface area (Å²) in [4.78, 5) is 28.0. The lowest BCUT2D eigenvalue weighted by atomic mass is 10.1. The maximum Gasteiger partial charge on any atom is 0.416 e. The maximum absolute atomic E-state index is 13.0. The molecule has 34 heavy (non-hydrogen) atoms. The Morgan fingerprint density at radius 3 is 2.50 bits per heavy atom. The van der Waals surface area contributed by atoms with Gasteiger partial charge in [0, 0.05) is 12.6 Å². The molecule has 0 unspecified atom stereocenters. The van der Waals surface area contributed by atoms with E-state index in [9.17, 15) is 22.8 Å². The number of hydrogen-bond donors (Lipinski definition) is 3. The number of anilines is 4. The number of aromatic nitrogens is 2. The van der Waals surface area contributed by atoms with Crippen molar-refractivity contribution in [1.29, 1.82) is 0 Å². The number of carbonyl (C=O) groups excluding carboxylic acids is 2. The summed E-state index contributed by atoms with van der Waals surface area (Å²) >= 11 is 6.23. The molecule has 0 radical (unpaired) electrons. The van der Waals surface area contributed by atoms with E-state index < -0.39 is 17.6 Å². The molecule has 2 heterocycles. The summed E-state index contributed by atoms with van der Waals surface area (Å²) in [6.45, 7) is 1.34. The second-order valence-corrected chi connectivity index (χ2v) is 7.51. The Balaban J connectivity index is 1.60. The van der Waals surface area contributed by atoms with Crippen molar-refractivity contribution in [2.24, 2.45) is 0 Å². The largest absolute Gasteiger partial charge is 0.416 e. The quantitative estimate of drug-likeness (QED) is 0.324. The van der Waals surface area contributed by atoms with Crippen molar-refractivity contribution in [3.05, 3.63) is 70.9 Å². The molecule has 0 fully saturated rings. The summed E-state index contributed by atoms with van der Waals surface area (Å²) in [5, 5.41) is 12.2. The zero-order chi connectivity index (χ0) is 24.5. The molecule has 0 aliphatic carbocycles. The Hall–Kier alpha value is -4.12. The van der Waals surface area contributed by atoms with Crippen LogP contribution in [0.1, 0.15) is 22.8 Å². The molecule has 0 spiro atoms. The summed E-state index contributed by atoms with van der Waals surface area (Å²) in [7, 11) is 0. The SMILES string of the molecule is CC(=O)Nc1ccc(NC(=O)c2c(Cl)ccc3c(Nc4cccc(C(F)(F)F)c4)noc23)cn1. The summed E-state index contributed by atoms with van der Waals surface area (Å²) in [5.74, 6) is -0.485. The van der Waals surface area contributed by atoms with E-state index in [1.807, 2.05) is 0 Å². The first-order valence-electron chi connectivity index (χ1n) is 9.69. The van der Waals surface area contributed by atoms with Crippen molar-refractivity contribution in [3.63, 3.8) is 0 Å². The summed E-state index contributed by atoms with van der Waals surface area (Å²) in [6.07, 6.45) is -3.16. The molecule has 0 aliphatic rings. The van der Waals surface area contributed by atoms with E-state index in [2.05, 4.69) is 26.1 Å². The Kier molecular flexibility index (Phi) is 6.12. The number of nitrogens with one attached hydrogen (secondary N) is 3. The standard InChI is InChI=1S/C22H15ClF3N5O3/c1-11(32)28-17-8-5-14(10-27-17)30-21(33)18-16(23)7-6-15-19(18)34-31-20(15)29-13-4-2-3-12(9-13)22(24,25)26/h2-10H,1H3,(H,29,31)(H,30,33)(H,27,28,32). The van der Waals surface area contributed by atoms with Crippen molar-refractivity contribution >= 4 is 57.4 Å². The van der Waals surface area contributed by atoms with Crippen molar-refractivity contribution in [2.75, 3.05) is 16.0 Å². The highest BCUT2D eigenvalue weighted by Crippen LogP contribution is 2.35. The Bertz CT molecular complexity index is 1390. The summed E-state index contributed by atoms with van der Waals surface area (Å²) in [6, 6.07) is 10.6. The Labute approximate surface area is 195 Å². The van der Waals surface area contributed by atoms with Crippen LogP contribution in [0.2, 0.25) is 5.02 Å². The lowest BCUT2D eigenvalue weighted by Gasteiger charge is -2.09. The molecule has 2 amide bonds. The molecule has 0 atom stereocenters. The molecule has 0 bridgehead atoms. The van der Waals surface area contributed by atoms with Crippen LogP contribution >= 0.6 is 11.6 Å². The van der Waals surface area contributed by atoms with E-state index in [4.69, 9.17) is 16.1 Å². The number of nitrogens with zero attached hydrogens (tertiary/aromatic N) is 2. The van der Waals surface area contributed by atoms with Crippen LogP contribution in [0, 0.1) is 0 Å². The van der Waals surface area contributed by atoms with Gasteiger partial charge in [-0.25, -0.2) is 4.98 Å². The third-order valence-electron chi connectivity index (χ3n) is 4.60. The Morgan fingerprint density at radius 1 is 1.03 bits per heavy atom. The number of benzene rings is 2. The van der Waals surface area contributed by atoms with E-state index in [1.165, 1.54) is 49.5 Å². The van der Waals surface area contributed by atoms with Crippen LogP contribution in [0.4, 0.5) is 36.2 Å². The Morgan fingerprint density at radius 2 is 1.82 bits per heavy atom. The van der Waals surface area contributed by atoms with E-state index >= 15 is 0 Å². The normalized spacial score (nSPS) is 11.3. The number of pyridine rings is 1. The minimum absolute atomic E-state index is 0.0188. The smallest absolute Gasteiger partial charge is 0.353 e. The molecule has 8 nitrogen and oxygen atoms in total. The van der Waals surface area contributed by atoms with Gasteiger partial charge in [-0.1, -0.05) is 22.8 Å². The van der Waals surface area contributed by atoms with Gasteiger partial charge in [0.15, 0.2) is 11.4 Å². The predicted octanol–water partition coefficient (Wildman–Crippen LogP) is 5.85. The van der Waals surface area contributed by atoms with Crippen LogP contribution in [-0.2, 0) is 11.0 Å². The number of rotatable bonds is 5. The van der Waals surface area contributed by atoms with Crippen molar-refractivity contribution in [2.45, 2.75) is 13.1 Å². The van der Waals surface area contributed by atoms with Gasteiger partial charge >= 0.3 is 6.18 Å². The summed E-state index contributed by atoms with van der Waals surface area (Å²) < 4.78 is 44.3. The van der Waals surface area contributed by atoms with Crippen molar-refractivity contribution in [3.8, 4) is 0 Å². The van der Waals surface area contributed by atoms with Gasteiger partial charge in [0.05, 0.1) is 27.9 Å². The van der Waals surface area contributed by atoms with Crippen LogP contribution in [0.25, 0.3) is 11.0 Å². The van der Waals surface area contributed by atoms with Gasteiger partial charge in [0.25, 0.3) is 5.91 Å². The molecule has 174 valence electrons. The van der Waals surface area contributed by atoms with Crippen LogP contribution in [-0.4, -0.2) is 22.0 Å². The highest BCUT2D eigenvalue weighted by Gasteiger charge is 2.30. The molecular weight excluding hydrogens is 475 g/mol. The second kappa shape index (κ2) is 9.02. The summed E-state index contributed by atoms with van der Waals surface area (Å²) in [5.41, 5.74) is -0.339. The number of fused-ring (bicyclic) bond motifs is 1. The molecule has 3 N–H and O–H groups in total. The molecule has 0 aliphatic heterocycles. The van der Waals surface area contributed by atoms with Crippen LogP contribution in [0.5, 0.6) is 0 Å². The molecule has 0 saturated carbocycles. The molecule has 2 aromatic heterocycles. The fourth-order valence-electron chi connectivity index (χ4n) is 3.11. The minimum Gasteiger partial charge on any atom is -0.353 e. The number of alkyl halides is 3. The van der Waals surface area contributed by atoms with E-state index in [0.29, 0.717) is 16.9 Å². The fraction of sp³-hybridized carbons (Fsp3) is 0.0909. The van der Waals surface area contributed by atoms with Gasteiger partial charge in [-0.2, -0.15) is 13.2 Å². The first kappa shape index (κ1) is 23.1. The van der Waals surface area contributed by atoms with Gasteiger partial charge in [0.1, 0.15) is 11.4 Å². The lowest BCUT2D eigenvalue weighted by Crippen LogP contribution is -2.13. The first-order chi connectivity index (χ1) is 16.1. The average Bonchev–Trinajstić information content (AvgIpc) is 3.16. The van der Waals surface area contributed by atoms with Gasteiger partial charge in [-0.15, -0.1) is 0 Å². The number of amides is 2. The van der Waals surface area contributed by atoms with Crippen LogP contribution < -0.4 is 16.0 Å². The van der Waals surface area contributed by atoms with Crippen LogP contribution in [0.15, 0.2) is 59.3 Å². The molecular formula is C22H15ClF3N5O3. The number of hydrogen-bond acceptors (Lipinski definition) is 6. The van der Waals surface area contributed by atoms with Gasteiger partial charge in [-0.3, -0.25) is 9.59 Å². The van der Waals surface area contributed by atoms with Gasteiger partial charge < -0.3 is 20.5 Å². The van der Waals surface area contributed by atoms with Gasteiger partial charge in [-0.05, 0) is 42.5 Å². The molecule has 12 heteroatoms. The third kappa shape index (κ3) is 4.94. The molecule has 4 rings (SSSR count). The van der Waals surface area contributed by atoms with Gasteiger partial charge in [0.2, 0.25) is 5.91 Å². The molecule has 4 aromatic rings. The van der Waals surface area contributed by atoms with Crippen molar-refractivity contribution < 1.29 is 27.3 Å². The third-order valence-corrected chi connectivity index (χ3v) is 4.91. The molecule has 0 saturated heterocycles. The zero-order valence-corrected chi connectivity index (χ0v) is 18.1. The molecule has 2 aromatic carbocycles. The fourth-order valence-corrected chi connectivity index (χ4v) is 3.34. The predicted molar refractivity (Wildman–Crippen MR) is 120 cm³/mol. The first-order valence-corrected chi connectivity index (χ1v) is 10.1. The number of carbonyl (C=O) groups is 2. The van der Waals surface area contributed by atoms with E-state index in [1.54, 1.807) is 0 Å². The zero-order valence-electron chi connectivity index (χ0n) is 17.3. The maximum atomic E-state index is 13.0. The highest BCUT2D eigenvalue weighted by molar-refractivity contribution is 6.36. The average molecular weight is 490 g/mol. The van der Waals surface area contributed by atoms with E-state index in [0.717, 1.165) is 12.1 Å². The minimum atomic E-state index is -4.50. The second-order valence-electron chi connectivity index (χ2n) is 7.10. The van der Waals surface area contributed by atoms with Crippen LogP contribution in [0.3, 0.4) is 0 Å². The lowest BCUT2D eigenvalue weighted by molar-refractivity contribution is -0.137. The van der Waals surface area contributed by atoms with E-state index in [-0.39, 0.29) is 33.6 Å². The topological polar surface area (TPSA) is 109 Å². The highest BCUT2D eigenvalue weighted by atomic mass is 35.5. The monoisotopic (exact) mass is 489 g/mol.